The van der Waals surface area contributed by atoms with Crippen LogP contribution in [0.15, 0.2) is 48.8 Å². The van der Waals surface area contributed by atoms with E-state index in [4.69, 9.17) is 9.47 Å². The maximum absolute atomic E-state index is 10.3. The smallest absolute Gasteiger partial charge is 0.161 e. The van der Waals surface area contributed by atoms with E-state index in [2.05, 4.69) is 33.4 Å². The first-order valence-corrected chi connectivity index (χ1v) is 10.3. The van der Waals surface area contributed by atoms with Crippen molar-refractivity contribution in [3.05, 3.63) is 60.0 Å². The monoisotopic (exact) mass is 412 g/mol. The Balaban J connectivity index is 1.57. The van der Waals surface area contributed by atoms with Crippen molar-refractivity contribution in [2.75, 3.05) is 27.3 Å². The Labute approximate surface area is 178 Å². The van der Waals surface area contributed by atoms with Gasteiger partial charge in [-0.15, -0.1) is 0 Å². The molecule has 30 heavy (non-hydrogen) atoms. The lowest BCUT2D eigenvalue weighted by Crippen LogP contribution is -2.37. The van der Waals surface area contributed by atoms with Gasteiger partial charge in [0.1, 0.15) is 18.4 Å². The maximum atomic E-state index is 10.3. The summed E-state index contributed by atoms with van der Waals surface area (Å²) in [4.78, 5) is 6.50. The predicted molar refractivity (Wildman–Crippen MR) is 118 cm³/mol. The van der Waals surface area contributed by atoms with Crippen LogP contribution >= 0.6 is 0 Å². The zero-order valence-electron chi connectivity index (χ0n) is 18.2. The molecule has 3 rings (SSSR count). The molecule has 0 spiro atoms. The Kier molecular flexibility index (Phi) is 7.68. The van der Waals surface area contributed by atoms with E-state index in [1.54, 1.807) is 7.11 Å². The topological polar surface area (TPSA) is 71.3 Å². The third-order valence-electron chi connectivity index (χ3n) is 5.17. The van der Waals surface area contributed by atoms with Gasteiger partial charge in [0.2, 0.25) is 0 Å². The number of likely N-dealkylation sites (N-methyl/N-ethyl adjacent to an activating group) is 1. The molecule has 0 aliphatic rings. The van der Waals surface area contributed by atoms with Crippen LogP contribution in [0.5, 0.6) is 11.5 Å². The molecule has 1 unspecified atom stereocenters. The molecule has 0 saturated carbocycles. The number of pyridine rings is 1. The van der Waals surface area contributed by atoms with Crippen LogP contribution in [0.1, 0.15) is 25.1 Å². The molecule has 0 amide bonds. The molecule has 7 nitrogen and oxygen atoms in total. The molecule has 2 N–H and O–H groups in total. The van der Waals surface area contributed by atoms with E-state index in [0.717, 1.165) is 16.9 Å². The summed E-state index contributed by atoms with van der Waals surface area (Å²) in [5, 5.41) is 13.7. The average molecular weight is 413 g/mol. The number of fused-ring (bicyclic) bond motifs is 1. The van der Waals surface area contributed by atoms with Crippen molar-refractivity contribution in [3.63, 3.8) is 0 Å². The number of hydrogen-bond acceptors (Lipinski definition) is 6. The number of imidazole rings is 1. The number of ether oxygens (including phenoxy) is 2. The molecule has 3 aromatic rings. The highest BCUT2D eigenvalue weighted by atomic mass is 16.5. The van der Waals surface area contributed by atoms with Crippen LogP contribution in [0.3, 0.4) is 0 Å². The second-order valence-corrected chi connectivity index (χ2v) is 7.77. The van der Waals surface area contributed by atoms with Gasteiger partial charge in [-0.1, -0.05) is 12.1 Å². The molecule has 0 aliphatic carbocycles. The molecule has 0 aliphatic heterocycles. The summed E-state index contributed by atoms with van der Waals surface area (Å²) in [5.74, 6) is 1.29. The maximum Gasteiger partial charge on any atom is 0.161 e. The van der Waals surface area contributed by atoms with Crippen molar-refractivity contribution >= 4 is 5.65 Å². The van der Waals surface area contributed by atoms with E-state index in [0.29, 0.717) is 37.2 Å². The molecule has 2 heterocycles. The molecule has 1 aromatic carbocycles. The van der Waals surface area contributed by atoms with E-state index >= 15 is 0 Å². The first-order chi connectivity index (χ1) is 14.5. The van der Waals surface area contributed by atoms with Crippen molar-refractivity contribution in [2.45, 2.75) is 39.1 Å². The van der Waals surface area contributed by atoms with E-state index in [9.17, 15) is 5.11 Å². The number of nitrogens with one attached hydrogen (secondary N) is 1. The van der Waals surface area contributed by atoms with Crippen LogP contribution in [-0.4, -0.2) is 58.8 Å². The number of methoxy groups -OCH3 is 1. The molecule has 1 atom stereocenters. The predicted octanol–water partition coefficient (Wildman–Crippen LogP) is 2.71. The van der Waals surface area contributed by atoms with Crippen LogP contribution in [0.25, 0.3) is 5.65 Å². The second kappa shape index (κ2) is 10.4. The van der Waals surface area contributed by atoms with E-state index in [-0.39, 0.29) is 6.61 Å². The van der Waals surface area contributed by atoms with Crippen molar-refractivity contribution in [1.82, 2.24) is 19.6 Å². The normalized spacial score (nSPS) is 12.6. The number of aliphatic hydroxyl groups excluding tert-OH is 1. The first-order valence-electron chi connectivity index (χ1n) is 10.3. The Morgan fingerprint density at radius 2 is 2.00 bits per heavy atom. The molecule has 0 bridgehead atoms. The van der Waals surface area contributed by atoms with Gasteiger partial charge < -0.3 is 29.2 Å². The quantitative estimate of drug-likeness (QED) is 0.505. The SMILES string of the molecule is COc1ccc(CNCc2cnc3ccccn23)cc1OCC(O)CN(C)C(C)C. The summed E-state index contributed by atoms with van der Waals surface area (Å²) in [7, 11) is 3.61. The molecule has 7 heteroatoms. The molecule has 0 saturated heterocycles. The Morgan fingerprint density at radius 3 is 2.77 bits per heavy atom. The average Bonchev–Trinajstić information content (AvgIpc) is 3.15. The van der Waals surface area contributed by atoms with E-state index in [1.807, 2.05) is 55.8 Å². The summed E-state index contributed by atoms with van der Waals surface area (Å²) in [6.45, 7) is 6.35. The number of benzene rings is 1. The van der Waals surface area contributed by atoms with Gasteiger partial charge in [0.15, 0.2) is 11.5 Å². The number of aliphatic hydroxyl groups is 1. The van der Waals surface area contributed by atoms with Crippen LogP contribution in [-0.2, 0) is 13.1 Å². The van der Waals surface area contributed by atoms with Gasteiger partial charge in [-0.3, -0.25) is 0 Å². The van der Waals surface area contributed by atoms with Gasteiger partial charge in [0.25, 0.3) is 0 Å². The van der Waals surface area contributed by atoms with Crippen molar-refractivity contribution in [1.29, 1.82) is 0 Å². The van der Waals surface area contributed by atoms with Gasteiger partial charge in [-0.05, 0) is 50.7 Å². The number of nitrogens with zero attached hydrogens (tertiary/aromatic N) is 3. The highest BCUT2D eigenvalue weighted by molar-refractivity contribution is 5.43. The number of hydrogen-bond donors (Lipinski definition) is 2. The Hall–Kier alpha value is -2.61. The zero-order chi connectivity index (χ0) is 21.5. The van der Waals surface area contributed by atoms with E-state index in [1.165, 1.54) is 0 Å². The fraction of sp³-hybridized carbons (Fsp3) is 0.435. The minimum absolute atomic E-state index is 0.214. The fourth-order valence-corrected chi connectivity index (χ4v) is 3.18. The van der Waals surface area contributed by atoms with Gasteiger partial charge in [-0.2, -0.15) is 0 Å². The van der Waals surface area contributed by atoms with Crippen LogP contribution in [0, 0.1) is 0 Å². The summed E-state index contributed by atoms with van der Waals surface area (Å²) < 4.78 is 13.4. The second-order valence-electron chi connectivity index (χ2n) is 7.77. The molecular weight excluding hydrogens is 380 g/mol. The fourth-order valence-electron chi connectivity index (χ4n) is 3.18. The third-order valence-corrected chi connectivity index (χ3v) is 5.17. The minimum atomic E-state index is -0.570. The Morgan fingerprint density at radius 1 is 1.17 bits per heavy atom. The summed E-state index contributed by atoms with van der Waals surface area (Å²) in [6.07, 6.45) is 3.33. The van der Waals surface area contributed by atoms with Gasteiger partial charge >= 0.3 is 0 Å². The Bertz CT molecular complexity index is 941. The molecule has 0 radical (unpaired) electrons. The molecule has 2 aromatic heterocycles. The van der Waals surface area contributed by atoms with Gasteiger partial charge in [0, 0.05) is 31.9 Å². The highest BCUT2D eigenvalue weighted by Crippen LogP contribution is 2.28. The minimum Gasteiger partial charge on any atom is -0.493 e. The lowest BCUT2D eigenvalue weighted by atomic mass is 10.2. The molecule has 0 fully saturated rings. The van der Waals surface area contributed by atoms with Crippen LogP contribution < -0.4 is 14.8 Å². The lowest BCUT2D eigenvalue weighted by Gasteiger charge is -2.24. The van der Waals surface area contributed by atoms with E-state index < -0.39 is 6.10 Å². The van der Waals surface area contributed by atoms with Crippen molar-refractivity contribution < 1.29 is 14.6 Å². The lowest BCUT2D eigenvalue weighted by molar-refractivity contribution is 0.0668. The molecular formula is C23H32N4O3. The highest BCUT2D eigenvalue weighted by Gasteiger charge is 2.13. The van der Waals surface area contributed by atoms with Gasteiger partial charge in [-0.25, -0.2) is 4.98 Å². The summed E-state index contributed by atoms with van der Waals surface area (Å²) in [6, 6.07) is 12.2. The number of aromatic nitrogens is 2. The van der Waals surface area contributed by atoms with Gasteiger partial charge in [0.05, 0.1) is 19.0 Å². The molecule has 162 valence electrons. The number of rotatable bonds is 11. The first kappa shape index (κ1) is 22.1. The largest absolute Gasteiger partial charge is 0.493 e. The van der Waals surface area contributed by atoms with Crippen molar-refractivity contribution in [2.24, 2.45) is 0 Å². The van der Waals surface area contributed by atoms with Crippen LogP contribution in [0.2, 0.25) is 0 Å². The summed E-state index contributed by atoms with van der Waals surface area (Å²) >= 11 is 0. The standard InChI is InChI=1S/C23H32N4O3/c1-17(2)26(3)15-20(28)16-30-22-11-18(8-9-21(22)29-4)12-24-13-19-14-25-23-7-5-6-10-27(19)23/h5-11,14,17,20,24,28H,12-13,15-16H2,1-4H3. The van der Waals surface area contributed by atoms with Crippen LogP contribution in [0.4, 0.5) is 0 Å². The third kappa shape index (κ3) is 5.72. The van der Waals surface area contributed by atoms with Crippen molar-refractivity contribution in [3.8, 4) is 11.5 Å². The summed E-state index contributed by atoms with van der Waals surface area (Å²) in [5.41, 5.74) is 3.12. The zero-order valence-corrected chi connectivity index (χ0v) is 18.2.